The molecule has 0 saturated carbocycles. The topological polar surface area (TPSA) is 47.0 Å². The van der Waals surface area contributed by atoms with E-state index in [9.17, 15) is 0 Å². The summed E-state index contributed by atoms with van der Waals surface area (Å²) in [5.74, 6) is 0.800. The Morgan fingerprint density at radius 3 is 2.26 bits per heavy atom. The maximum Gasteiger partial charge on any atom is 0.154 e. The highest BCUT2D eigenvalue weighted by Crippen LogP contribution is 2.11. The molecule has 4 heteroatoms. The lowest BCUT2D eigenvalue weighted by molar-refractivity contribution is 0.116. The largest absolute Gasteiger partial charge is 0.373 e. The molecular formula is C15H27N3O. The molecule has 1 aromatic rings. The standard InChI is InChI=1S/C15H27N3O/c1-5-8-16-9-7-14-12(3)17-15(18-13(14)4)11-19-10-6-2/h16H,5-11H2,1-4H3. The van der Waals surface area contributed by atoms with Gasteiger partial charge in [0.05, 0.1) is 0 Å². The van der Waals surface area contributed by atoms with E-state index in [2.05, 4.69) is 43.0 Å². The molecule has 0 aliphatic carbocycles. The number of hydrogen-bond acceptors (Lipinski definition) is 4. The van der Waals surface area contributed by atoms with Crippen molar-refractivity contribution in [2.24, 2.45) is 0 Å². The maximum absolute atomic E-state index is 5.49. The van der Waals surface area contributed by atoms with Gasteiger partial charge >= 0.3 is 0 Å². The van der Waals surface area contributed by atoms with Gasteiger partial charge in [0, 0.05) is 18.0 Å². The average molecular weight is 265 g/mol. The van der Waals surface area contributed by atoms with Crippen LogP contribution in [0.25, 0.3) is 0 Å². The SMILES string of the molecule is CCCNCCc1c(C)nc(COCCC)nc1C. The predicted octanol–water partition coefficient (Wildman–Crippen LogP) is 2.56. The zero-order valence-electron chi connectivity index (χ0n) is 12.8. The van der Waals surface area contributed by atoms with Gasteiger partial charge in [-0.1, -0.05) is 13.8 Å². The van der Waals surface area contributed by atoms with Crippen LogP contribution >= 0.6 is 0 Å². The summed E-state index contributed by atoms with van der Waals surface area (Å²) in [6, 6.07) is 0. The van der Waals surface area contributed by atoms with E-state index >= 15 is 0 Å². The third-order valence-corrected chi connectivity index (χ3v) is 3.03. The number of nitrogens with one attached hydrogen (secondary N) is 1. The number of aryl methyl sites for hydroxylation is 2. The molecule has 108 valence electrons. The second-order valence-corrected chi connectivity index (χ2v) is 4.84. The fourth-order valence-electron chi connectivity index (χ4n) is 2.06. The Morgan fingerprint density at radius 1 is 1.00 bits per heavy atom. The molecule has 1 rings (SSSR count). The molecule has 0 aromatic carbocycles. The summed E-state index contributed by atoms with van der Waals surface area (Å²) in [5, 5.41) is 3.41. The third-order valence-electron chi connectivity index (χ3n) is 3.03. The Bertz CT molecular complexity index is 357. The highest BCUT2D eigenvalue weighted by molar-refractivity contribution is 5.24. The minimum Gasteiger partial charge on any atom is -0.373 e. The zero-order valence-corrected chi connectivity index (χ0v) is 12.8. The van der Waals surface area contributed by atoms with E-state index in [4.69, 9.17) is 4.74 Å². The molecule has 1 N–H and O–H groups in total. The maximum atomic E-state index is 5.49. The normalized spacial score (nSPS) is 10.9. The van der Waals surface area contributed by atoms with Crippen LogP contribution in [0.15, 0.2) is 0 Å². The third kappa shape index (κ3) is 5.66. The Kier molecular flexibility index (Phi) is 7.60. The molecule has 0 unspecified atom stereocenters. The summed E-state index contributed by atoms with van der Waals surface area (Å²) in [6.45, 7) is 11.8. The molecule has 19 heavy (non-hydrogen) atoms. The number of aromatic nitrogens is 2. The van der Waals surface area contributed by atoms with Crippen molar-refractivity contribution in [1.29, 1.82) is 0 Å². The molecule has 0 spiro atoms. The van der Waals surface area contributed by atoms with Crippen molar-refractivity contribution in [3.8, 4) is 0 Å². The van der Waals surface area contributed by atoms with Crippen molar-refractivity contribution < 1.29 is 4.74 Å². The van der Waals surface area contributed by atoms with Gasteiger partial charge in [0.2, 0.25) is 0 Å². The number of hydrogen-bond donors (Lipinski definition) is 1. The summed E-state index contributed by atoms with van der Waals surface area (Å²) in [4.78, 5) is 9.08. The molecule has 0 atom stereocenters. The fourth-order valence-corrected chi connectivity index (χ4v) is 2.06. The first-order chi connectivity index (χ1) is 9.19. The van der Waals surface area contributed by atoms with Gasteiger partial charge in [0.1, 0.15) is 6.61 Å². The van der Waals surface area contributed by atoms with E-state index in [0.29, 0.717) is 6.61 Å². The van der Waals surface area contributed by atoms with Crippen LogP contribution in [0.2, 0.25) is 0 Å². The van der Waals surface area contributed by atoms with Gasteiger partial charge in [-0.3, -0.25) is 0 Å². The van der Waals surface area contributed by atoms with Gasteiger partial charge in [-0.25, -0.2) is 9.97 Å². The Balaban J connectivity index is 2.58. The highest BCUT2D eigenvalue weighted by atomic mass is 16.5. The summed E-state index contributed by atoms with van der Waals surface area (Å²) >= 11 is 0. The number of ether oxygens (including phenoxy) is 1. The molecule has 0 saturated heterocycles. The van der Waals surface area contributed by atoms with E-state index in [1.54, 1.807) is 0 Å². The molecule has 4 nitrogen and oxygen atoms in total. The molecule has 0 aliphatic rings. The van der Waals surface area contributed by atoms with Gasteiger partial charge < -0.3 is 10.1 Å². The van der Waals surface area contributed by atoms with Crippen LogP contribution < -0.4 is 5.32 Å². The van der Waals surface area contributed by atoms with Crippen molar-refractivity contribution in [3.05, 3.63) is 22.8 Å². The minimum absolute atomic E-state index is 0.518. The van der Waals surface area contributed by atoms with Crippen LogP contribution in [-0.2, 0) is 17.8 Å². The van der Waals surface area contributed by atoms with Gasteiger partial charge in [-0.15, -0.1) is 0 Å². The van der Waals surface area contributed by atoms with Crippen molar-refractivity contribution in [3.63, 3.8) is 0 Å². The summed E-state index contributed by atoms with van der Waals surface area (Å²) in [5.41, 5.74) is 3.43. The predicted molar refractivity (Wildman–Crippen MR) is 78.3 cm³/mol. The van der Waals surface area contributed by atoms with Crippen molar-refractivity contribution >= 4 is 0 Å². The molecule has 0 fully saturated rings. The van der Waals surface area contributed by atoms with E-state index in [0.717, 1.165) is 49.8 Å². The lowest BCUT2D eigenvalue weighted by Crippen LogP contribution is -2.19. The van der Waals surface area contributed by atoms with Crippen LogP contribution in [0.3, 0.4) is 0 Å². The summed E-state index contributed by atoms with van der Waals surface area (Å²) < 4.78 is 5.49. The van der Waals surface area contributed by atoms with Crippen LogP contribution in [0.5, 0.6) is 0 Å². The van der Waals surface area contributed by atoms with Crippen LogP contribution in [0.4, 0.5) is 0 Å². The van der Waals surface area contributed by atoms with Gasteiger partial charge in [-0.05, 0) is 51.8 Å². The second-order valence-electron chi connectivity index (χ2n) is 4.84. The first kappa shape index (κ1) is 16.1. The van der Waals surface area contributed by atoms with Crippen molar-refractivity contribution in [2.45, 2.75) is 53.6 Å². The molecule has 0 aliphatic heterocycles. The summed E-state index contributed by atoms with van der Waals surface area (Å²) in [7, 11) is 0. The lowest BCUT2D eigenvalue weighted by atomic mass is 10.1. The van der Waals surface area contributed by atoms with Gasteiger partial charge in [-0.2, -0.15) is 0 Å². The first-order valence-corrected chi connectivity index (χ1v) is 7.30. The van der Waals surface area contributed by atoms with Crippen LogP contribution in [0, 0.1) is 13.8 Å². The molecule has 1 aromatic heterocycles. The van der Waals surface area contributed by atoms with Crippen molar-refractivity contribution in [1.82, 2.24) is 15.3 Å². The Morgan fingerprint density at radius 2 is 1.68 bits per heavy atom. The monoisotopic (exact) mass is 265 g/mol. The van der Waals surface area contributed by atoms with Crippen molar-refractivity contribution in [2.75, 3.05) is 19.7 Å². The van der Waals surface area contributed by atoms with E-state index < -0.39 is 0 Å². The summed E-state index contributed by atoms with van der Waals surface area (Å²) in [6.07, 6.45) is 3.19. The van der Waals surface area contributed by atoms with E-state index in [-0.39, 0.29) is 0 Å². The van der Waals surface area contributed by atoms with E-state index in [1.165, 1.54) is 12.0 Å². The van der Waals surface area contributed by atoms with Crippen LogP contribution in [-0.4, -0.2) is 29.7 Å². The minimum atomic E-state index is 0.518. The highest BCUT2D eigenvalue weighted by Gasteiger charge is 2.08. The number of rotatable bonds is 9. The van der Waals surface area contributed by atoms with Crippen LogP contribution in [0.1, 0.15) is 49.5 Å². The molecule has 0 radical (unpaired) electrons. The second kappa shape index (κ2) is 8.99. The number of nitrogens with zero attached hydrogens (tertiary/aromatic N) is 2. The fraction of sp³-hybridized carbons (Fsp3) is 0.733. The molecule has 1 heterocycles. The molecule has 0 bridgehead atoms. The smallest absolute Gasteiger partial charge is 0.154 e. The Labute approximate surface area is 117 Å². The first-order valence-electron chi connectivity index (χ1n) is 7.30. The lowest BCUT2D eigenvalue weighted by Gasteiger charge is -2.11. The molecular weight excluding hydrogens is 238 g/mol. The van der Waals surface area contributed by atoms with Gasteiger partial charge in [0.25, 0.3) is 0 Å². The quantitative estimate of drug-likeness (QED) is 0.697. The average Bonchev–Trinajstić information content (AvgIpc) is 2.37. The zero-order chi connectivity index (χ0) is 14.1. The molecule has 0 amide bonds. The van der Waals surface area contributed by atoms with Gasteiger partial charge in [0.15, 0.2) is 5.82 Å². The Hall–Kier alpha value is -1.00. The van der Waals surface area contributed by atoms with E-state index in [1.807, 2.05) is 0 Å².